The maximum atomic E-state index is 13.1. The van der Waals surface area contributed by atoms with Gasteiger partial charge in [-0.1, -0.05) is 12.1 Å². The van der Waals surface area contributed by atoms with Crippen LogP contribution in [-0.4, -0.2) is 12.1 Å². The minimum atomic E-state index is -0.211. The highest BCUT2D eigenvalue weighted by Gasteiger charge is 2.06. The van der Waals surface area contributed by atoms with Gasteiger partial charge >= 0.3 is 0 Å². The number of rotatable bonds is 5. The van der Waals surface area contributed by atoms with Crippen LogP contribution in [0.5, 0.6) is 5.88 Å². The highest BCUT2D eigenvalue weighted by Crippen LogP contribution is 2.15. The third-order valence-electron chi connectivity index (χ3n) is 2.97. The van der Waals surface area contributed by atoms with Crippen LogP contribution in [0, 0.1) is 5.82 Å². The lowest BCUT2D eigenvalue weighted by atomic mass is 10.1. The van der Waals surface area contributed by atoms with Gasteiger partial charge in [-0.25, -0.2) is 9.37 Å². The van der Waals surface area contributed by atoms with E-state index >= 15 is 0 Å². The quantitative estimate of drug-likeness (QED) is 0.897. The molecule has 1 N–H and O–H groups in total. The number of hydrogen-bond donors (Lipinski definition) is 1. The number of halogens is 1. The summed E-state index contributed by atoms with van der Waals surface area (Å²) in [5.74, 6) is 0.384. The molecule has 0 saturated carbocycles. The zero-order valence-corrected chi connectivity index (χ0v) is 11.1. The molecule has 1 atom stereocenters. The number of aromatic nitrogens is 1. The zero-order chi connectivity index (χ0) is 13.7. The Bertz CT molecular complexity index is 545. The molecule has 1 heterocycles. The van der Waals surface area contributed by atoms with Crippen LogP contribution in [0.4, 0.5) is 4.39 Å². The predicted octanol–water partition coefficient (Wildman–Crippen LogP) is 3.08. The van der Waals surface area contributed by atoms with Crippen molar-refractivity contribution >= 4 is 0 Å². The van der Waals surface area contributed by atoms with Gasteiger partial charge in [-0.3, -0.25) is 0 Å². The first kappa shape index (κ1) is 13.5. The molecule has 0 amide bonds. The standard InChI is InChI=1S/C15H17FN2O/c1-11(13-4-3-5-14(16)9-13)18-10-12-6-7-17-15(8-12)19-2/h3-9,11,18H,10H2,1-2H3. The Morgan fingerprint density at radius 1 is 1.32 bits per heavy atom. The van der Waals surface area contributed by atoms with Crippen molar-refractivity contribution in [3.8, 4) is 5.88 Å². The molecule has 4 heteroatoms. The Morgan fingerprint density at radius 2 is 2.16 bits per heavy atom. The summed E-state index contributed by atoms with van der Waals surface area (Å²) >= 11 is 0. The van der Waals surface area contributed by atoms with E-state index < -0.39 is 0 Å². The van der Waals surface area contributed by atoms with Crippen molar-refractivity contribution < 1.29 is 9.13 Å². The Balaban J connectivity index is 1.98. The van der Waals surface area contributed by atoms with E-state index in [1.165, 1.54) is 6.07 Å². The van der Waals surface area contributed by atoms with E-state index in [2.05, 4.69) is 10.3 Å². The molecular formula is C15H17FN2O. The first-order chi connectivity index (χ1) is 9.19. The van der Waals surface area contributed by atoms with E-state index in [0.717, 1.165) is 11.1 Å². The molecule has 0 saturated heterocycles. The van der Waals surface area contributed by atoms with Crippen LogP contribution in [0.25, 0.3) is 0 Å². The zero-order valence-electron chi connectivity index (χ0n) is 11.1. The van der Waals surface area contributed by atoms with Crippen molar-refractivity contribution in [2.75, 3.05) is 7.11 Å². The smallest absolute Gasteiger partial charge is 0.213 e. The number of nitrogens with zero attached hydrogens (tertiary/aromatic N) is 1. The normalized spacial score (nSPS) is 12.2. The number of methoxy groups -OCH3 is 1. The maximum absolute atomic E-state index is 13.1. The molecular weight excluding hydrogens is 243 g/mol. The van der Waals surface area contributed by atoms with Gasteiger partial charge in [0.15, 0.2) is 0 Å². The van der Waals surface area contributed by atoms with Crippen LogP contribution in [0.1, 0.15) is 24.1 Å². The molecule has 0 aliphatic rings. The molecule has 2 aromatic rings. The summed E-state index contributed by atoms with van der Waals surface area (Å²) in [5.41, 5.74) is 2.01. The number of ether oxygens (including phenoxy) is 1. The average Bonchev–Trinajstić information content (AvgIpc) is 2.45. The number of pyridine rings is 1. The molecule has 1 aromatic heterocycles. The highest BCUT2D eigenvalue weighted by molar-refractivity contribution is 5.22. The van der Waals surface area contributed by atoms with Crippen molar-refractivity contribution in [2.24, 2.45) is 0 Å². The molecule has 2 rings (SSSR count). The first-order valence-electron chi connectivity index (χ1n) is 6.17. The Labute approximate surface area is 112 Å². The number of nitrogens with one attached hydrogen (secondary N) is 1. The summed E-state index contributed by atoms with van der Waals surface area (Å²) in [6, 6.07) is 10.5. The molecule has 0 aliphatic heterocycles. The van der Waals surface area contributed by atoms with E-state index in [1.54, 1.807) is 25.4 Å². The number of benzene rings is 1. The third-order valence-corrected chi connectivity index (χ3v) is 2.97. The SMILES string of the molecule is COc1cc(CNC(C)c2cccc(F)c2)ccn1. The Hall–Kier alpha value is -1.94. The summed E-state index contributed by atoms with van der Waals surface area (Å²) in [6.45, 7) is 2.68. The second-order valence-electron chi connectivity index (χ2n) is 4.36. The summed E-state index contributed by atoms with van der Waals surface area (Å²) < 4.78 is 18.2. The van der Waals surface area contributed by atoms with Crippen LogP contribution in [0.3, 0.4) is 0 Å². The number of hydrogen-bond acceptors (Lipinski definition) is 3. The van der Waals surface area contributed by atoms with Gasteiger partial charge in [0.25, 0.3) is 0 Å². The van der Waals surface area contributed by atoms with Crippen molar-refractivity contribution in [1.29, 1.82) is 0 Å². The van der Waals surface area contributed by atoms with E-state index in [9.17, 15) is 4.39 Å². The van der Waals surface area contributed by atoms with E-state index in [-0.39, 0.29) is 11.9 Å². The highest BCUT2D eigenvalue weighted by atomic mass is 19.1. The molecule has 1 unspecified atom stereocenters. The van der Waals surface area contributed by atoms with Crippen molar-refractivity contribution in [1.82, 2.24) is 10.3 Å². The second kappa shape index (κ2) is 6.29. The molecule has 0 aliphatic carbocycles. The second-order valence-corrected chi connectivity index (χ2v) is 4.36. The largest absolute Gasteiger partial charge is 0.481 e. The molecule has 0 bridgehead atoms. The van der Waals surface area contributed by atoms with E-state index in [0.29, 0.717) is 12.4 Å². The predicted molar refractivity (Wildman–Crippen MR) is 72.4 cm³/mol. The fraction of sp³-hybridized carbons (Fsp3) is 0.267. The topological polar surface area (TPSA) is 34.1 Å². The summed E-state index contributed by atoms with van der Waals surface area (Å²) in [6.07, 6.45) is 1.71. The van der Waals surface area contributed by atoms with Gasteiger partial charge in [0, 0.05) is 24.8 Å². The fourth-order valence-electron chi connectivity index (χ4n) is 1.84. The first-order valence-corrected chi connectivity index (χ1v) is 6.17. The molecule has 0 fully saturated rings. The van der Waals surface area contributed by atoms with Crippen LogP contribution in [-0.2, 0) is 6.54 Å². The summed E-state index contributed by atoms with van der Waals surface area (Å²) in [5, 5.41) is 3.34. The van der Waals surface area contributed by atoms with Gasteiger partial charge in [0.2, 0.25) is 5.88 Å². The minimum absolute atomic E-state index is 0.0786. The molecule has 1 aromatic carbocycles. The Kier molecular flexibility index (Phi) is 4.47. The van der Waals surface area contributed by atoms with Crippen molar-refractivity contribution in [2.45, 2.75) is 19.5 Å². The fourth-order valence-corrected chi connectivity index (χ4v) is 1.84. The third kappa shape index (κ3) is 3.76. The van der Waals surface area contributed by atoms with Gasteiger partial charge in [0.1, 0.15) is 5.82 Å². The Morgan fingerprint density at radius 3 is 2.89 bits per heavy atom. The van der Waals surface area contributed by atoms with Crippen LogP contribution >= 0.6 is 0 Å². The molecule has 19 heavy (non-hydrogen) atoms. The van der Waals surface area contributed by atoms with Gasteiger partial charge in [-0.2, -0.15) is 0 Å². The lowest BCUT2D eigenvalue weighted by Crippen LogP contribution is -2.18. The van der Waals surface area contributed by atoms with Crippen molar-refractivity contribution in [3.63, 3.8) is 0 Å². The average molecular weight is 260 g/mol. The lowest BCUT2D eigenvalue weighted by Gasteiger charge is -2.14. The van der Waals surface area contributed by atoms with Crippen LogP contribution in [0.2, 0.25) is 0 Å². The minimum Gasteiger partial charge on any atom is -0.481 e. The summed E-state index contributed by atoms with van der Waals surface area (Å²) in [7, 11) is 1.59. The van der Waals surface area contributed by atoms with E-state index in [1.807, 2.05) is 25.1 Å². The van der Waals surface area contributed by atoms with Crippen molar-refractivity contribution in [3.05, 3.63) is 59.5 Å². The van der Waals surface area contributed by atoms with Gasteiger partial charge in [-0.15, -0.1) is 0 Å². The summed E-state index contributed by atoms with van der Waals surface area (Å²) in [4.78, 5) is 4.06. The van der Waals surface area contributed by atoms with Gasteiger partial charge in [0.05, 0.1) is 7.11 Å². The van der Waals surface area contributed by atoms with Gasteiger partial charge < -0.3 is 10.1 Å². The van der Waals surface area contributed by atoms with E-state index in [4.69, 9.17) is 4.74 Å². The van der Waals surface area contributed by atoms with Gasteiger partial charge in [-0.05, 0) is 36.2 Å². The monoisotopic (exact) mass is 260 g/mol. The van der Waals surface area contributed by atoms with Crippen LogP contribution in [0.15, 0.2) is 42.6 Å². The maximum Gasteiger partial charge on any atom is 0.213 e. The molecule has 100 valence electrons. The van der Waals surface area contributed by atoms with Crippen LogP contribution < -0.4 is 10.1 Å². The molecule has 3 nitrogen and oxygen atoms in total. The molecule has 0 spiro atoms. The molecule has 0 radical (unpaired) electrons. The lowest BCUT2D eigenvalue weighted by molar-refractivity contribution is 0.397.